The summed E-state index contributed by atoms with van der Waals surface area (Å²) in [6.07, 6.45) is 0.0989. The van der Waals surface area contributed by atoms with E-state index in [4.69, 9.17) is 16.3 Å². The van der Waals surface area contributed by atoms with Gasteiger partial charge in [-0.1, -0.05) is 17.7 Å². The molecule has 1 atom stereocenters. The van der Waals surface area contributed by atoms with Gasteiger partial charge in [0, 0.05) is 10.6 Å². The monoisotopic (exact) mass is 285 g/mol. The van der Waals surface area contributed by atoms with Crippen molar-refractivity contribution in [2.75, 3.05) is 14.2 Å². The molecule has 0 fully saturated rings. The maximum Gasteiger partial charge on any atom is 0.328 e. The molecule has 0 radical (unpaired) electrons. The lowest BCUT2D eigenvalue weighted by Gasteiger charge is -2.13. The second-order valence-corrected chi connectivity index (χ2v) is 4.38. The van der Waals surface area contributed by atoms with Crippen molar-refractivity contribution < 1.29 is 19.1 Å². The molecule has 0 unspecified atom stereocenters. The molecule has 0 aliphatic heterocycles. The molecule has 6 heteroatoms. The van der Waals surface area contributed by atoms with Crippen molar-refractivity contribution in [2.45, 2.75) is 19.4 Å². The van der Waals surface area contributed by atoms with Crippen LogP contribution < -0.4 is 10.1 Å². The van der Waals surface area contributed by atoms with Crippen LogP contribution in [-0.4, -0.2) is 32.1 Å². The van der Waals surface area contributed by atoms with E-state index in [0.717, 1.165) is 0 Å². The van der Waals surface area contributed by atoms with E-state index in [9.17, 15) is 9.59 Å². The van der Waals surface area contributed by atoms with Crippen molar-refractivity contribution in [3.8, 4) is 5.75 Å². The van der Waals surface area contributed by atoms with Gasteiger partial charge in [0.05, 0.1) is 20.6 Å². The normalized spacial score (nSPS) is 11.6. The Kier molecular flexibility index (Phi) is 5.63. The highest BCUT2D eigenvalue weighted by molar-refractivity contribution is 6.30. The Hall–Kier alpha value is -1.75. The van der Waals surface area contributed by atoms with E-state index < -0.39 is 12.0 Å². The van der Waals surface area contributed by atoms with E-state index >= 15 is 0 Å². The number of amides is 1. The van der Waals surface area contributed by atoms with Gasteiger partial charge >= 0.3 is 5.97 Å². The second-order valence-electron chi connectivity index (χ2n) is 3.95. The zero-order valence-electron chi connectivity index (χ0n) is 11.0. The number of ether oxygens (including phenoxy) is 2. The van der Waals surface area contributed by atoms with Crippen LogP contribution >= 0.6 is 11.6 Å². The number of methoxy groups -OCH3 is 2. The van der Waals surface area contributed by atoms with Crippen LogP contribution in [0.3, 0.4) is 0 Å². The van der Waals surface area contributed by atoms with Crippen LogP contribution in [0.25, 0.3) is 0 Å². The van der Waals surface area contributed by atoms with Crippen molar-refractivity contribution in [1.82, 2.24) is 5.32 Å². The molecule has 1 rings (SSSR count). The maximum atomic E-state index is 11.8. The molecule has 5 nitrogen and oxygen atoms in total. The number of hydrogen-bond acceptors (Lipinski definition) is 4. The third-order valence-electron chi connectivity index (χ3n) is 2.53. The third kappa shape index (κ3) is 4.44. The summed E-state index contributed by atoms with van der Waals surface area (Å²) in [6, 6.07) is 4.34. The van der Waals surface area contributed by atoms with Crippen LogP contribution in [-0.2, 0) is 20.7 Å². The molecule has 0 spiro atoms. The molecule has 0 saturated heterocycles. The Bertz CT molecular complexity index is 476. The average Bonchev–Trinajstić information content (AvgIpc) is 2.39. The topological polar surface area (TPSA) is 64.6 Å². The van der Waals surface area contributed by atoms with Crippen molar-refractivity contribution in [1.29, 1.82) is 0 Å². The summed E-state index contributed by atoms with van der Waals surface area (Å²) in [5.74, 6) is -0.247. The first-order valence-corrected chi connectivity index (χ1v) is 6.05. The predicted molar refractivity (Wildman–Crippen MR) is 71.3 cm³/mol. The van der Waals surface area contributed by atoms with E-state index in [1.165, 1.54) is 14.2 Å². The Morgan fingerprint density at radius 1 is 1.37 bits per heavy atom. The lowest BCUT2D eigenvalue weighted by Crippen LogP contribution is -2.39. The summed E-state index contributed by atoms with van der Waals surface area (Å²) in [6.45, 7) is 1.56. The number of esters is 1. The molecular formula is C13H16ClNO4. The fourth-order valence-electron chi connectivity index (χ4n) is 1.57. The molecule has 1 amide bonds. The van der Waals surface area contributed by atoms with Crippen molar-refractivity contribution >= 4 is 23.5 Å². The lowest BCUT2D eigenvalue weighted by atomic mass is 10.1. The molecule has 104 valence electrons. The number of nitrogens with one attached hydrogen (secondary N) is 1. The number of carbonyl (C=O) groups is 2. The van der Waals surface area contributed by atoms with Crippen molar-refractivity contribution in [3.05, 3.63) is 28.8 Å². The highest BCUT2D eigenvalue weighted by Crippen LogP contribution is 2.23. The molecule has 0 bridgehead atoms. The largest absolute Gasteiger partial charge is 0.496 e. The molecule has 0 saturated carbocycles. The lowest BCUT2D eigenvalue weighted by molar-refractivity contribution is -0.144. The Morgan fingerprint density at radius 2 is 2.05 bits per heavy atom. The van der Waals surface area contributed by atoms with Gasteiger partial charge in [-0.3, -0.25) is 4.79 Å². The van der Waals surface area contributed by atoms with E-state index in [1.807, 2.05) is 0 Å². The first-order chi connectivity index (χ1) is 8.97. The average molecular weight is 286 g/mol. The molecule has 19 heavy (non-hydrogen) atoms. The van der Waals surface area contributed by atoms with Crippen LogP contribution in [0.15, 0.2) is 18.2 Å². The van der Waals surface area contributed by atoms with Gasteiger partial charge in [0.15, 0.2) is 0 Å². The summed E-state index contributed by atoms with van der Waals surface area (Å²) in [5.41, 5.74) is 0.696. The standard InChI is InChI=1S/C13H16ClNO4/c1-8(13(17)19-3)15-12(16)6-9-4-5-10(14)7-11(9)18-2/h4-5,7-8H,6H2,1-3H3,(H,15,16)/t8-/m0/s1. The Morgan fingerprint density at radius 3 is 2.63 bits per heavy atom. The van der Waals surface area contributed by atoms with Gasteiger partial charge in [-0.25, -0.2) is 4.79 Å². The highest BCUT2D eigenvalue weighted by Gasteiger charge is 2.17. The summed E-state index contributed by atoms with van der Waals surface area (Å²) in [7, 11) is 2.78. The van der Waals surface area contributed by atoms with Crippen molar-refractivity contribution in [2.24, 2.45) is 0 Å². The van der Waals surface area contributed by atoms with E-state index in [0.29, 0.717) is 16.3 Å². The first kappa shape index (κ1) is 15.3. The zero-order valence-corrected chi connectivity index (χ0v) is 11.8. The van der Waals surface area contributed by atoms with Crippen LogP contribution in [0.5, 0.6) is 5.75 Å². The summed E-state index contributed by atoms with van der Waals surface area (Å²) in [4.78, 5) is 23.0. The minimum absolute atomic E-state index is 0.0989. The smallest absolute Gasteiger partial charge is 0.328 e. The number of rotatable bonds is 5. The second kappa shape index (κ2) is 6.99. The van der Waals surface area contributed by atoms with E-state index in [2.05, 4.69) is 10.1 Å². The van der Waals surface area contributed by atoms with Gasteiger partial charge in [-0.15, -0.1) is 0 Å². The maximum absolute atomic E-state index is 11.8. The molecule has 1 N–H and O–H groups in total. The highest BCUT2D eigenvalue weighted by atomic mass is 35.5. The summed E-state index contributed by atoms with van der Waals surface area (Å²) < 4.78 is 9.67. The fourth-order valence-corrected chi connectivity index (χ4v) is 1.73. The first-order valence-electron chi connectivity index (χ1n) is 5.67. The molecule has 0 heterocycles. The minimum Gasteiger partial charge on any atom is -0.496 e. The van der Waals surface area contributed by atoms with Gasteiger partial charge in [-0.2, -0.15) is 0 Å². The van der Waals surface area contributed by atoms with Gasteiger partial charge in [0.2, 0.25) is 5.91 Å². The van der Waals surface area contributed by atoms with Gasteiger partial charge in [-0.05, 0) is 19.1 Å². The van der Waals surface area contributed by atoms with Crippen LogP contribution in [0.4, 0.5) is 0 Å². The molecular weight excluding hydrogens is 270 g/mol. The number of halogens is 1. The fraction of sp³-hybridized carbons (Fsp3) is 0.385. The van der Waals surface area contributed by atoms with E-state index in [-0.39, 0.29) is 12.3 Å². The molecule has 0 aliphatic rings. The van der Waals surface area contributed by atoms with Crippen molar-refractivity contribution in [3.63, 3.8) is 0 Å². The van der Waals surface area contributed by atoms with Crippen LogP contribution in [0.2, 0.25) is 5.02 Å². The quantitative estimate of drug-likeness (QED) is 0.834. The number of carbonyl (C=O) groups excluding carboxylic acids is 2. The van der Waals surface area contributed by atoms with Gasteiger partial charge < -0.3 is 14.8 Å². The predicted octanol–water partition coefficient (Wildman–Crippen LogP) is 1.57. The molecule has 1 aromatic rings. The molecule has 1 aromatic carbocycles. The van der Waals surface area contributed by atoms with E-state index in [1.54, 1.807) is 25.1 Å². The van der Waals surface area contributed by atoms with Crippen LogP contribution in [0, 0.1) is 0 Å². The molecule has 0 aliphatic carbocycles. The summed E-state index contributed by atoms with van der Waals surface area (Å²) in [5, 5.41) is 3.07. The summed E-state index contributed by atoms with van der Waals surface area (Å²) >= 11 is 5.84. The zero-order chi connectivity index (χ0) is 14.4. The SMILES string of the molecule is COC(=O)[C@H](C)NC(=O)Cc1ccc(Cl)cc1OC. The van der Waals surface area contributed by atoms with Crippen LogP contribution in [0.1, 0.15) is 12.5 Å². The molecule has 0 aromatic heterocycles. The van der Waals surface area contributed by atoms with Gasteiger partial charge in [0.25, 0.3) is 0 Å². The Labute approximate surface area is 116 Å². The van der Waals surface area contributed by atoms with Gasteiger partial charge in [0.1, 0.15) is 11.8 Å². The number of benzene rings is 1. The minimum atomic E-state index is -0.684. The number of hydrogen-bond donors (Lipinski definition) is 1. The third-order valence-corrected chi connectivity index (χ3v) is 2.77. The Balaban J connectivity index is 2.69.